The molecule has 0 heterocycles. The van der Waals surface area contributed by atoms with Crippen molar-refractivity contribution in [3.8, 4) is 79.0 Å². The summed E-state index contributed by atoms with van der Waals surface area (Å²) in [6, 6.07) is 47.1. The average molecular weight is 1470 g/mol. The topological polar surface area (TPSA) is 324 Å². The highest BCUT2D eigenvalue weighted by molar-refractivity contribution is 5.98. The van der Waals surface area contributed by atoms with E-state index in [0.717, 1.165) is 80.9 Å². The van der Waals surface area contributed by atoms with Gasteiger partial charge in [-0.25, -0.2) is 4.79 Å². The van der Waals surface area contributed by atoms with Gasteiger partial charge in [0.2, 0.25) is 11.8 Å². The fourth-order valence-corrected chi connectivity index (χ4v) is 14.4. The molecule has 0 saturated heterocycles. The number of aromatic carboxylic acids is 1. The zero-order valence-corrected chi connectivity index (χ0v) is 61.6. The lowest BCUT2D eigenvalue weighted by atomic mass is 9.87. The van der Waals surface area contributed by atoms with E-state index in [2.05, 4.69) is 0 Å². The van der Waals surface area contributed by atoms with E-state index in [1.807, 2.05) is 25.1 Å². The summed E-state index contributed by atoms with van der Waals surface area (Å²) >= 11 is 0. The minimum absolute atomic E-state index is 0.00700. The standard InChI is InChI=1S/C23H24O5.C23H26O4.C22H25NO4.C21H23NO4/c1-15(24)17-8-5-9-18(11-17)19-12-20(23(26)27)14-21(13-19)28-22(25)10-16-6-3-2-4-7-16;1-2-22(25)18-10-6-9-17(12-18)19-13-20(24)15-21(14-19)27-23(26)11-16-7-4-3-5-8-16;23-22(26)18-8-4-7-17(12-18)19-9-16(14-24)10-20(13-19)27-21(25)11-15-5-2-1-3-6-15;22-21(25)16-8-4-7-15(10-16)17-11-18(23)13-19(12-17)26-20(24)9-14-5-2-1-3-6-14/h5,8-9,11-14,16H,2-4,6-7,10H2,1H3,(H,26,27);6,9-10,12-16,24H,2-5,7-8,11H2,1H3;4,7-10,12-13,15,24H,1-3,5-6,11,14H2,(H2,23,26);4,7-8,10-14,23H,1-3,5-6,9H2,(H2,22,25). The summed E-state index contributed by atoms with van der Waals surface area (Å²) in [6.45, 7) is 3.13. The molecule has 8 N–H and O–H groups in total. The van der Waals surface area contributed by atoms with Crippen molar-refractivity contribution in [3.05, 3.63) is 203 Å². The second kappa shape index (κ2) is 40.6. The number of ether oxygens (including phenoxy) is 4. The Morgan fingerprint density at radius 1 is 0.352 bits per heavy atom. The summed E-state index contributed by atoms with van der Waals surface area (Å²) in [5.74, 6) is -0.447. The Hall–Kier alpha value is -11.1. The number of carboxylic acids is 1. The minimum atomic E-state index is -1.10. The highest BCUT2D eigenvalue weighted by Crippen LogP contribution is 2.37. The first-order valence-electron chi connectivity index (χ1n) is 37.7. The van der Waals surface area contributed by atoms with Crippen molar-refractivity contribution in [2.24, 2.45) is 35.1 Å². The van der Waals surface area contributed by atoms with Crippen molar-refractivity contribution in [2.75, 3.05) is 0 Å². The predicted octanol–water partition coefficient (Wildman–Crippen LogP) is 18.5. The lowest BCUT2D eigenvalue weighted by Crippen LogP contribution is -2.16. The quantitative estimate of drug-likeness (QED) is 0.0197. The number of carbonyl (C=O) groups is 9. The van der Waals surface area contributed by atoms with Crippen LogP contribution < -0.4 is 30.4 Å². The van der Waals surface area contributed by atoms with E-state index in [9.17, 15) is 63.6 Å². The van der Waals surface area contributed by atoms with Gasteiger partial charge in [0.05, 0.1) is 12.2 Å². The Balaban J connectivity index is 0.000000166. The number of primary amides is 2. The predicted molar refractivity (Wildman–Crippen MR) is 413 cm³/mol. The smallest absolute Gasteiger partial charge is 0.335 e. The molecule has 4 aliphatic carbocycles. The van der Waals surface area contributed by atoms with E-state index in [-0.39, 0.29) is 64.9 Å². The van der Waals surface area contributed by atoms with Gasteiger partial charge in [0.1, 0.15) is 34.5 Å². The second-order valence-corrected chi connectivity index (χ2v) is 28.6. The van der Waals surface area contributed by atoms with Crippen LogP contribution in [0.2, 0.25) is 0 Å². The van der Waals surface area contributed by atoms with Gasteiger partial charge in [-0.2, -0.15) is 0 Å². The van der Waals surface area contributed by atoms with Crippen molar-refractivity contribution < 1.29 is 82.5 Å². The molecule has 19 nitrogen and oxygen atoms in total. The molecule has 0 aromatic heterocycles. The van der Waals surface area contributed by atoms with Crippen molar-refractivity contribution in [1.29, 1.82) is 0 Å². The van der Waals surface area contributed by atoms with Crippen LogP contribution in [0.4, 0.5) is 0 Å². The summed E-state index contributed by atoms with van der Waals surface area (Å²) in [7, 11) is 0. The van der Waals surface area contributed by atoms with Gasteiger partial charge in [-0.1, -0.05) is 145 Å². The van der Waals surface area contributed by atoms with Gasteiger partial charge in [-0.15, -0.1) is 0 Å². The molecule has 12 rings (SSSR count). The summed E-state index contributed by atoms with van der Waals surface area (Å²) in [4.78, 5) is 107. The molecule has 19 heteroatoms. The van der Waals surface area contributed by atoms with E-state index < -0.39 is 17.8 Å². The van der Waals surface area contributed by atoms with Crippen LogP contribution in [0.15, 0.2) is 170 Å². The normalized spacial score (nSPS) is 14.7. The van der Waals surface area contributed by atoms with Crippen molar-refractivity contribution >= 4 is 53.2 Å². The summed E-state index contributed by atoms with van der Waals surface area (Å²) in [6.07, 6.45) is 24.9. The number of hydrogen-bond acceptors (Lipinski definition) is 16. The number of esters is 4. The molecule has 0 spiro atoms. The third-order valence-electron chi connectivity index (χ3n) is 20.1. The summed E-state index contributed by atoms with van der Waals surface area (Å²) < 4.78 is 22.0. The second-order valence-electron chi connectivity index (χ2n) is 28.6. The molecule has 4 aliphatic rings. The molecule has 0 atom stereocenters. The largest absolute Gasteiger partial charge is 0.508 e. The fraction of sp³-hybridized carbons (Fsp3) is 0.360. The number of benzene rings is 8. The van der Waals surface area contributed by atoms with E-state index >= 15 is 0 Å². The number of aromatic hydroxyl groups is 2. The lowest BCUT2D eigenvalue weighted by Gasteiger charge is -2.20. The molecular weight excluding hydrogens is 1370 g/mol. The number of carboxylic acid groups (broad SMARTS) is 1. The molecule has 108 heavy (non-hydrogen) atoms. The first-order valence-corrected chi connectivity index (χ1v) is 37.7. The number of hydrogen-bond donors (Lipinski definition) is 6. The van der Waals surface area contributed by atoms with Gasteiger partial charge >= 0.3 is 29.8 Å². The third kappa shape index (κ3) is 25.6. The minimum Gasteiger partial charge on any atom is -0.508 e. The molecule has 2 amide bonds. The van der Waals surface area contributed by atoms with Gasteiger partial charge in [-0.3, -0.25) is 38.4 Å². The number of carbonyl (C=O) groups excluding carboxylic acids is 8. The molecule has 0 unspecified atom stereocenters. The van der Waals surface area contributed by atoms with Crippen molar-refractivity contribution in [2.45, 2.75) is 181 Å². The van der Waals surface area contributed by atoms with E-state index in [4.69, 9.17) is 30.4 Å². The highest BCUT2D eigenvalue weighted by atomic mass is 16.5. The van der Waals surface area contributed by atoms with Crippen molar-refractivity contribution in [1.82, 2.24) is 0 Å². The lowest BCUT2D eigenvalue weighted by molar-refractivity contribution is -0.136. The van der Waals surface area contributed by atoms with Crippen LogP contribution in [0.1, 0.15) is 232 Å². The number of amides is 2. The Morgan fingerprint density at radius 2 is 0.648 bits per heavy atom. The van der Waals surface area contributed by atoms with Crippen LogP contribution in [0.3, 0.4) is 0 Å². The molecule has 0 bridgehead atoms. The monoisotopic (exact) mass is 1470 g/mol. The molecule has 8 aromatic carbocycles. The Labute approximate surface area is 631 Å². The van der Waals surface area contributed by atoms with Gasteiger partial charge in [0, 0.05) is 66.5 Å². The number of nitrogens with two attached hydrogens (primary N) is 2. The van der Waals surface area contributed by atoms with Crippen LogP contribution in [0, 0.1) is 23.7 Å². The van der Waals surface area contributed by atoms with E-state index in [0.29, 0.717) is 129 Å². The molecule has 8 aromatic rings. The number of phenols is 2. The van der Waals surface area contributed by atoms with Gasteiger partial charge < -0.3 is 50.8 Å². The first-order chi connectivity index (χ1) is 52.0. The van der Waals surface area contributed by atoms with Gasteiger partial charge in [0.25, 0.3) is 0 Å². The number of aliphatic hydroxyl groups excluding tert-OH is 1. The zero-order chi connectivity index (χ0) is 77.1. The molecule has 566 valence electrons. The average Bonchev–Trinajstić information content (AvgIpc) is 0.839. The molecule has 4 saturated carbocycles. The Kier molecular flexibility index (Phi) is 30.5. The van der Waals surface area contributed by atoms with Crippen LogP contribution >= 0.6 is 0 Å². The number of aliphatic hydroxyl groups is 1. The Morgan fingerprint density at radius 3 is 0.981 bits per heavy atom. The van der Waals surface area contributed by atoms with Gasteiger partial charge in [-0.05, 0) is 229 Å². The SMILES string of the molecule is CC(=O)c1cccc(-c2cc(OC(=O)CC3CCCCC3)cc(C(=O)O)c2)c1.CCC(=O)c1cccc(-c2cc(O)cc(OC(=O)CC3CCCCC3)c2)c1.NC(=O)c1cccc(-c2cc(CO)cc(OC(=O)CC3CCCCC3)c2)c1.NC(=O)c1cccc(-c2cc(O)cc(OC(=O)CC3CCCCC3)c2)c1. The Bertz CT molecular complexity index is 4480. The van der Waals surface area contributed by atoms with E-state index in [1.54, 1.807) is 127 Å². The summed E-state index contributed by atoms with van der Waals surface area (Å²) in [5, 5.41) is 39.0. The maximum Gasteiger partial charge on any atom is 0.335 e. The van der Waals surface area contributed by atoms with Crippen molar-refractivity contribution in [3.63, 3.8) is 0 Å². The number of ketones is 2. The number of Topliss-reactive ketones (excluding diaryl/α,β-unsaturated/α-hetero) is 2. The molecule has 0 radical (unpaired) electrons. The highest BCUT2D eigenvalue weighted by Gasteiger charge is 2.24. The first kappa shape index (κ1) is 81.0. The maximum atomic E-state index is 12.3. The molecular formula is C89H98N2O17. The number of phenolic OH excluding ortho intramolecular Hbond substituents is 2. The van der Waals surface area contributed by atoms with E-state index in [1.165, 1.54) is 95.4 Å². The molecule has 4 fully saturated rings. The molecule has 0 aliphatic heterocycles. The van der Waals surface area contributed by atoms with Crippen LogP contribution in [0.25, 0.3) is 44.5 Å². The number of rotatable bonds is 23. The van der Waals surface area contributed by atoms with Crippen LogP contribution in [-0.4, -0.2) is 73.7 Å². The maximum absolute atomic E-state index is 12.3. The zero-order valence-electron chi connectivity index (χ0n) is 61.6. The summed E-state index contributed by atoms with van der Waals surface area (Å²) in [5.41, 5.74) is 19.0. The van der Waals surface area contributed by atoms with Gasteiger partial charge in [0.15, 0.2) is 11.6 Å². The fourth-order valence-electron chi connectivity index (χ4n) is 14.4. The van der Waals surface area contributed by atoms with Crippen LogP contribution in [0.5, 0.6) is 34.5 Å². The van der Waals surface area contributed by atoms with Crippen LogP contribution in [-0.2, 0) is 25.8 Å². The third-order valence-corrected chi connectivity index (χ3v) is 20.1.